The van der Waals surface area contributed by atoms with Gasteiger partial charge in [-0.1, -0.05) is 12.1 Å². The van der Waals surface area contributed by atoms with Crippen molar-refractivity contribution < 1.29 is 9.84 Å². The summed E-state index contributed by atoms with van der Waals surface area (Å²) in [7, 11) is 1.56. The number of para-hydroxylation sites is 1. The molecule has 1 aromatic heterocycles. The highest BCUT2D eigenvalue weighted by Crippen LogP contribution is 2.31. The number of anilines is 1. The first-order chi connectivity index (χ1) is 8.61. The van der Waals surface area contributed by atoms with E-state index in [0.29, 0.717) is 23.4 Å². The zero-order valence-corrected chi connectivity index (χ0v) is 11.2. The highest BCUT2D eigenvalue weighted by molar-refractivity contribution is 7.09. The number of methoxy groups -OCH3 is 1. The van der Waals surface area contributed by atoms with Crippen LogP contribution in [0.4, 0.5) is 5.69 Å². The van der Waals surface area contributed by atoms with E-state index in [-0.39, 0.29) is 0 Å². The third-order valence-corrected chi connectivity index (χ3v) is 3.57. The topological polar surface area (TPSA) is 68.4 Å². The van der Waals surface area contributed by atoms with Crippen molar-refractivity contribution in [3.05, 3.63) is 39.8 Å². The van der Waals surface area contributed by atoms with E-state index in [1.165, 1.54) is 0 Å². The third kappa shape index (κ3) is 2.63. The van der Waals surface area contributed by atoms with E-state index in [1.807, 2.05) is 24.4 Å². The molecule has 0 bridgehead atoms. The van der Waals surface area contributed by atoms with E-state index >= 15 is 0 Å². The molecule has 18 heavy (non-hydrogen) atoms. The lowest BCUT2D eigenvalue weighted by molar-refractivity contribution is 0.178. The van der Waals surface area contributed by atoms with Gasteiger partial charge in [0.15, 0.2) is 0 Å². The third-order valence-electron chi connectivity index (χ3n) is 2.75. The van der Waals surface area contributed by atoms with Crippen molar-refractivity contribution in [2.75, 3.05) is 12.8 Å². The van der Waals surface area contributed by atoms with Crippen LogP contribution >= 0.6 is 11.3 Å². The molecule has 1 unspecified atom stereocenters. The van der Waals surface area contributed by atoms with Crippen molar-refractivity contribution in [1.29, 1.82) is 0 Å². The number of hydrogen-bond acceptors (Lipinski definition) is 5. The summed E-state index contributed by atoms with van der Waals surface area (Å²) in [5.74, 6) is 0.584. The van der Waals surface area contributed by atoms with Crippen molar-refractivity contribution in [3.8, 4) is 5.75 Å². The van der Waals surface area contributed by atoms with Gasteiger partial charge in [0.2, 0.25) is 0 Å². The Morgan fingerprint density at radius 3 is 2.89 bits per heavy atom. The molecule has 0 amide bonds. The molecule has 4 nitrogen and oxygen atoms in total. The molecule has 2 aromatic rings. The monoisotopic (exact) mass is 264 g/mol. The Morgan fingerprint density at radius 1 is 1.50 bits per heavy atom. The summed E-state index contributed by atoms with van der Waals surface area (Å²) in [4.78, 5) is 4.33. The number of thiazole rings is 1. The van der Waals surface area contributed by atoms with Crippen molar-refractivity contribution in [1.82, 2.24) is 4.98 Å². The van der Waals surface area contributed by atoms with Gasteiger partial charge >= 0.3 is 0 Å². The molecule has 0 aliphatic rings. The fourth-order valence-corrected chi connectivity index (χ4v) is 2.47. The van der Waals surface area contributed by atoms with Crippen LogP contribution in [0.1, 0.15) is 22.4 Å². The van der Waals surface area contributed by atoms with E-state index in [0.717, 1.165) is 10.7 Å². The minimum Gasteiger partial charge on any atom is -0.495 e. The van der Waals surface area contributed by atoms with Crippen LogP contribution in [0.25, 0.3) is 0 Å². The summed E-state index contributed by atoms with van der Waals surface area (Å²) < 4.78 is 5.14. The molecule has 3 N–H and O–H groups in total. The molecule has 1 atom stereocenters. The van der Waals surface area contributed by atoms with Gasteiger partial charge in [-0.2, -0.15) is 0 Å². The molecule has 0 saturated carbocycles. The molecule has 0 fully saturated rings. The van der Waals surface area contributed by atoms with E-state index in [1.54, 1.807) is 24.5 Å². The standard InChI is InChI=1S/C13H16N2O2S/c1-8-15-9(7-18-8)6-11(16)10-4-3-5-12(17-2)13(10)14/h3-5,7,11,16H,6,14H2,1-2H3. The van der Waals surface area contributed by atoms with Gasteiger partial charge in [0.05, 0.1) is 29.6 Å². The van der Waals surface area contributed by atoms with Gasteiger partial charge < -0.3 is 15.6 Å². The number of ether oxygens (including phenoxy) is 1. The molecular weight excluding hydrogens is 248 g/mol. The number of benzene rings is 1. The van der Waals surface area contributed by atoms with Gasteiger partial charge in [-0.3, -0.25) is 0 Å². The Kier molecular flexibility index (Phi) is 3.84. The van der Waals surface area contributed by atoms with E-state index in [4.69, 9.17) is 10.5 Å². The first kappa shape index (κ1) is 12.9. The van der Waals surface area contributed by atoms with Gasteiger partial charge in [-0.15, -0.1) is 11.3 Å². The van der Waals surface area contributed by atoms with Crippen LogP contribution < -0.4 is 10.5 Å². The fraction of sp³-hybridized carbons (Fsp3) is 0.308. The maximum absolute atomic E-state index is 10.2. The highest BCUT2D eigenvalue weighted by atomic mass is 32.1. The maximum atomic E-state index is 10.2. The summed E-state index contributed by atoms with van der Waals surface area (Å²) in [5, 5.41) is 13.2. The molecule has 0 radical (unpaired) electrons. The largest absolute Gasteiger partial charge is 0.495 e. The first-order valence-electron chi connectivity index (χ1n) is 5.63. The number of nitrogen functional groups attached to an aromatic ring is 1. The summed E-state index contributed by atoms with van der Waals surface area (Å²) in [5.41, 5.74) is 8.00. The van der Waals surface area contributed by atoms with E-state index in [9.17, 15) is 5.11 Å². The zero-order valence-electron chi connectivity index (χ0n) is 10.4. The lowest BCUT2D eigenvalue weighted by Crippen LogP contribution is -2.06. The second-order valence-electron chi connectivity index (χ2n) is 4.04. The Labute approximate surface area is 110 Å². The number of aryl methyl sites for hydroxylation is 1. The second-order valence-corrected chi connectivity index (χ2v) is 5.10. The normalized spacial score (nSPS) is 12.4. The van der Waals surface area contributed by atoms with Gasteiger partial charge in [-0.05, 0) is 13.0 Å². The zero-order chi connectivity index (χ0) is 13.1. The number of rotatable bonds is 4. The number of aliphatic hydroxyl groups is 1. The Bertz CT molecular complexity index is 540. The molecule has 2 rings (SSSR count). The minimum atomic E-state index is -0.665. The lowest BCUT2D eigenvalue weighted by atomic mass is 10.0. The predicted molar refractivity (Wildman–Crippen MR) is 72.9 cm³/mol. The Morgan fingerprint density at radius 2 is 2.28 bits per heavy atom. The number of hydrogen-bond donors (Lipinski definition) is 2. The SMILES string of the molecule is COc1cccc(C(O)Cc2csc(C)n2)c1N. The minimum absolute atomic E-state index is 0.460. The average Bonchev–Trinajstić information content (AvgIpc) is 2.75. The molecule has 5 heteroatoms. The average molecular weight is 264 g/mol. The smallest absolute Gasteiger partial charge is 0.142 e. The van der Waals surface area contributed by atoms with Crippen LogP contribution in [-0.2, 0) is 6.42 Å². The summed E-state index contributed by atoms with van der Waals surface area (Å²) in [6, 6.07) is 5.40. The van der Waals surface area contributed by atoms with Crippen LogP contribution in [-0.4, -0.2) is 17.2 Å². The molecular formula is C13H16N2O2S. The fourth-order valence-electron chi connectivity index (χ4n) is 1.84. The molecule has 1 heterocycles. The van der Waals surface area contributed by atoms with E-state index < -0.39 is 6.10 Å². The summed E-state index contributed by atoms with van der Waals surface area (Å²) >= 11 is 1.58. The molecule has 0 spiro atoms. The van der Waals surface area contributed by atoms with Gasteiger partial charge in [0.25, 0.3) is 0 Å². The lowest BCUT2D eigenvalue weighted by Gasteiger charge is -2.14. The van der Waals surface area contributed by atoms with Crippen LogP contribution in [0.5, 0.6) is 5.75 Å². The number of nitrogens with zero attached hydrogens (tertiary/aromatic N) is 1. The highest BCUT2D eigenvalue weighted by Gasteiger charge is 2.15. The van der Waals surface area contributed by atoms with E-state index in [2.05, 4.69) is 4.98 Å². The van der Waals surface area contributed by atoms with Gasteiger partial charge in [0.1, 0.15) is 5.75 Å². The molecule has 0 saturated heterocycles. The van der Waals surface area contributed by atoms with Crippen LogP contribution in [0, 0.1) is 6.92 Å². The Balaban J connectivity index is 2.21. The number of aliphatic hydroxyl groups excluding tert-OH is 1. The maximum Gasteiger partial charge on any atom is 0.142 e. The van der Waals surface area contributed by atoms with Crippen LogP contribution in [0.15, 0.2) is 23.6 Å². The van der Waals surface area contributed by atoms with Gasteiger partial charge in [-0.25, -0.2) is 4.98 Å². The van der Waals surface area contributed by atoms with Crippen LogP contribution in [0.2, 0.25) is 0 Å². The summed E-state index contributed by atoms with van der Waals surface area (Å²) in [6.45, 7) is 1.94. The van der Waals surface area contributed by atoms with Crippen molar-refractivity contribution in [2.45, 2.75) is 19.4 Å². The summed E-state index contributed by atoms with van der Waals surface area (Å²) in [6.07, 6.45) is -0.205. The molecule has 0 aliphatic carbocycles. The number of aromatic nitrogens is 1. The second kappa shape index (κ2) is 5.37. The molecule has 96 valence electrons. The first-order valence-corrected chi connectivity index (χ1v) is 6.51. The molecule has 1 aromatic carbocycles. The quantitative estimate of drug-likeness (QED) is 0.832. The number of nitrogens with two attached hydrogens (primary N) is 1. The predicted octanol–water partition coefficient (Wildman–Crippen LogP) is 2.32. The van der Waals surface area contributed by atoms with Crippen molar-refractivity contribution in [2.24, 2.45) is 0 Å². The van der Waals surface area contributed by atoms with Crippen molar-refractivity contribution in [3.63, 3.8) is 0 Å². The Hall–Kier alpha value is -1.59. The van der Waals surface area contributed by atoms with Crippen molar-refractivity contribution >= 4 is 17.0 Å². The van der Waals surface area contributed by atoms with Gasteiger partial charge in [0, 0.05) is 17.4 Å². The molecule has 0 aliphatic heterocycles. The van der Waals surface area contributed by atoms with Crippen LogP contribution in [0.3, 0.4) is 0 Å².